The topological polar surface area (TPSA) is 38.3 Å². The molecule has 0 unspecified atom stereocenters. The Balaban J connectivity index is 1.98. The van der Waals surface area contributed by atoms with Crippen LogP contribution in [-0.4, -0.2) is 21.5 Å². The summed E-state index contributed by atoms with van der Waals surface area (Å²) in [6.45, 7) is 5.10. The smallest absolute Gasteiger partial charge is 0.428 e. The molecule has 0 aliphatic carbocycles. The zero-order chi connectivity index (χ0) is 32.1. The second-order valence-electron chi connectivity index (χ2n) is 11.2. The van der Waals surface area contributed by atoms with Crippen molar-refractivity contribution in [1.29, 1.82) is 0 Å². The van der Waals surface area contributed by atoms with Gasteiger partial charge in [0.2, 0.25) is 0 Å². The quantitative estimate of drug-likeness (QED) is 0.133. The molecule has 0 saturated heterocycles. The van der Waals surface area contributed by atoms with E-state index in [2.05, 4.69) is 9.46 Å². The fraction of sp³-hybridized carbons (Fsp3) is 0.235. The molecule has 3 nitrogen and oxygen atoms in total. The predicted octanol–water partition coefficient (Wildman–Crippen LogP) is 8.91. The molecule has 0 spiro atoms. The van der Waals surface area contributed by atoms with Crippen LogP contribution in [-0.2, 0) is 22.9 Å². The van der Waals surface area contributed by atoms with Crippen molar-refractivity contribution in [3.8, 4) is 5.75 Å². The molecule has 4 aromatic carbocycles. The van der Waals surface area contributed by atoms with Gasteiger partial charge in [0.25, 0.3) is 0 Å². The van der Waals surface area contributed by atoms with Crippen LogP contribution in [0.2, 0.25) is 0 Å². The van der Waals surface area contributed by atoms with Crippen molar-refractivity contribution in [2.75, 3.05) is 0 Å². The zero-order valence-corrected chi connectivity index (χ0v) is 25.0. The minimum absolute atomic E-state index is 0.0166. The lowest BCUT2D eigenvalue weighted by atomic mass is 9.78. The molecule has 0 saturated carbocycles. The summed E-state index contributed by atoms with van der Waals surface area (Å²) in [5.41, 5.74) is 0.217. The Kier molecular flexibility index (Phi) is 10.1. The van der Waals surface area contributed by atoms with E-state index in [-0.39, 0.29) is 17.5 Å². The highest BCUT2D eigenvalue weighted by molar-refractivity contribution is 7.84. The van der Waals surface area contributed by atoms with Crippen LogP contribution in [0.3, 0.4) is 0 Å². The summed E-state index contributed by atoms with van der Waals surface area (Å²) >= 11 is 0. The molecule has 232 valence electrons. The van der Waals surface area contributed by atoms with Crippen LogP contribution in [0.15, 0.2) is 97.1 Å². The van der Waals surface area contributed by atoms with Gasteiger partial charge in [0.1, 0.15) is 17.4 Å². The molecule has 1 N–H and O–H groups in total. The minimum Gasteiger partial charge on any atom is -0.428 e. The second-order valence-corrected chi connectivity index (χ2v) is 13.1. The first-order chi connectivity index (χ1) is 20.7. The standard InChI is InChI=1S/C34H31F6NO2S/c1-32(2,3)44(42)41-33(22-24-12-8-5-9-13-24,27-19-28(35)21-29(20-27)43-34(39,40)31(37)38)26-16-17-30(36)25(18-26)15-14-23-10-6-4-7-11-23/h4-21,31,41H,22H2,1-3H3/t33-,44-/m1/s1. The van der Waals surface area contributed by atoms with Crippen molar-refractivity contribution in [3.63, 3.8) is 0 Å². The first kappa shape index (κ1) is 33.0. The number of halogens is 6. The SMILES string of the molecule is CC(C)(C)[S@@](=O)N[C@@](Cc1ccccc1)(c1cc(F)cc(OC(F)(F)C(F)F)c1)c1ccc(F)c(C=Cc2ccccc2)c1. The van der Waals surface area contributed by atoms with Crippen molar-refractivity contribution >= 4 is 23.1 Å². The Labute approximate surface area is 255 Å². The van der Waals surface area contributed by atoms with Crippen LogP contribution < -0.4 is 9.46 Å². The first-order valence-corrected chi connectivity index (χ1v) is 14.8. The van der Waals surface area contributed by atoms with E-state index in [9.17, 15) is 21.8 Å². The molecule has 0 radical (unpaired) electrons. The van der Waals surface area contributed by atoms with Gasteiger partial charge in [-0.2, -0.15) is 17.6 Å². The lowest BCUT2D eigenvalue weighted by molar-refractivity contribution is -0.253. The van der Waals surface area contributed by atoms with Gasteiger partial charge in [-0.15, -0.1) is 0 Å². The van der Waals surface area contributed by atoms with Crippen molar-refractivity contribution < 1.29 is 35.3 Å². The highest BCUT2D eigenvalue weighted by Gasteiger charge is 2.45. The molecule has 0 aromatic heterocycles. The molecular formula is C34H31F6NO2S. The third kappa shape index (κ3) is 7.98. The maximum atomic E-state index is 15.2. The highest BCUT2D eigenvalue weighted by atomic mass is 32.2. The summed E-state index contributed by atoms with van der Waals surface area (Å²) in [7, 11) is -1.86. The van der Waals surface area contributed by atoms with E-state index in [1.165, 1.54) is 18.2 Å². The van der Waals surface area contributed by atoms with Gasteiger partial charge >= 0.3 is 12.5 Å². The third-order valence-electron chi connectivity index (χ3n) is 6.75. The molecule has 0 aliphatic rings. The Morgan fingerprint density at radius 1 is 0.818 bits per heavy atom. The van der Waals surface area contributed by atoms with Crippen LogP contribution in [0.4, 0.5) is 26.3 Å². The van der Waals surface area contributed by atoms with Gasteiger partial charge < -0.3 is 4.74 Å². The van der Waals surface area contributed by atoms with Gasteiger partial charge in [-0.3, -0.25) is 0 Å². The molecule has 4 rings (SSSR count). The number of rotatable bonds is 11. The molecule has 10 heteroatoms. The predicted molar refractivity (Wildman–Crippen MR) is 162 cm³/mol. The van der Waals surface area contributed by atoms with E-state index in [4.69, 9.17) is 0 Å². The fourth-order valence-corrected chi connectivity index (χ4v) is 5.43. The number of alkyl halides is 4. The van der Waals surface area contributed by atoms with Crippen molar-refractivity contribution in [2.45, 2.75) is 50.0 Å². The van der Waals surface area contributed by atoms with Crippen LogP contribution >= 0.6 is 0 Å². The Morgan fingerprint density at radius 3 is 2.07 bits per heavy atom. The average molecular weight is 632 g/mol. The monoisotopic (exact) mass is 631 g/mol. The maximum absolute atomic E-state index is 15.2. The Hall–Kier alpha value is -3.89. The summed E-state index contributed by atoms with van der Waals surface area (Å²) in [4.78, 5) is 0. The van der Waals surface area contributed by atoms with E-state index < -0.39 is 51.2 Å². The summed E-state index contributed by atoms with van der Waals surface area (Å²) < 4.78 is 104. The van der Waals surface area contributed by atoms with E-state index >= 15 is 8.78 Å². The number of hydrogen-bond donors (Lipinski definition) is 1. The van der Waals surface area contributed by atoms with E-state index in [1.54, 1.807) is 63.3 Å². The average Bonchev–Trinajstić information content (AvgIpc) is 2.96. The van der Waals surface area contributed by atoms with Gasteiger partial charge in [0.05, 0.1) is 21.3 Å². The largest absolute Gasteiger partial charge is 0.461 e. The summed E-state index contributed by atoms with van der Waals surface area (Å²) in [6, 6.07) is 24.6. The van der Waals surface area contributed by atoms with Gasteiger partial charge in [-0.1, -0.05) is 78.9 Å². The molecule has 0 heterocycles. The van der Waals surface area contributed by atoms with E-state index in [1.807, 2.05) is 30.3 Å². The summed E-state index contributed by atoms with van der Waals surface area (Å²) in [5, 5.41) is 0. The van der Waals surface area contributed by atoms with Crippen molar-refractivity contribution in [1.82, 2.24) is 4.72 Å². The van der Waals surface area contributed by atoms with Crippen LogP contribution in [0.5, 0.6) is 5.75 Å². The lowest BCUT2D eigenvalue weighted by Gasteiger charge is -2.38. The number of hydrogen-bond acceptors (Lipinski definition) is 2. The Bertz CT molecular complexity index is 1620. The molecule has 44 heavy (non-hydrogen) atoms. The van der Waals surface area contributed by atoms with Gasteiger partial charge in [0.15, 0.2) is 0 Å². The lowest BCUT2D eigenvalue weighted by Crippen LogP contribution is -2.50. The van der Waals surface area contributed by atoms with E-state index in [0.717, 1.165) is 17.7 Å². The summed E-state index contributed by atoms with van der Waals surface area (Å²) in [6.07, 6.45) is -5.85. The highest BCUT2D eigenvalue weighted by Crippen LogP contribution is 2.39. The zero-order valence-electron chi connectivity index (χ0n) is 24.2. The number of ether oxygens (including phenoxy) is 1. The molecule has 0 fully saturated rings. The normalized spacial score (nSPS) is 14.5. The summed E-state index contributed by atoms with van der Waals surface area (Å²) in [5.74, 6) is -2.50. The molecule has 2 atom stereocenters. The first-order valence-electron chi connectivity index (χ1n) is 13.6. The molecule has 0 bridgehead atoms. The molecule has 0 amide bonds. The number of nitrogens with one attached hydrogen (secondary N) is 1. The Morgan fingerprint density at radius 2 is 1.45 bits per heavy atom. The maximum Gasteiger partial charge on any atom is 0.461 e. The third-order valence-corrected chi connectivity index (χ3v) is 8.40. The minimum atomic E-state index is -4.90. The molecular weight excluding hydrogens is 600 g/mol. The van der Waals surface area contributed by atoms with Crippen molar-refractivity contribution in [2.24, 2.45) is 0 Å². The molecule has 0 aliphatic heterocycles. The van der Waals surface area contributed by atoms with Gasteiger partial charge in [-0.25, -0.2) is 17.7 Å². The molecule has 4 aromatic rings. The van der Waals surface area contributed by atoms with Crippen molar-refractivity contribution in [3.05, 3.63) is 137 Å². The van der Waals surface area contributed by atoms with Gasteiger partial charge in [-0.05, 0) is 73.7 Å². The van der Waals surface area contributed by atoms with E-state index in [0.29, 0.717) is 17.2 Å². The second kappa shape index (κ2) is 13.4. The van der Waals surface area contributed by atoms with Crippen LogP contribution in [0.1, 0.15) is 48.6 Å². The fourth-order valence-electron chi connectivity index (χ4n) is 4.49. The van der Waals surface area contributed by atoms with Crippen LogP contribution in [0.25, 0.3) is 12.2 Å². The number of benzene rings is 4. The van der Waals surface area contributed by atoms with Gasteiger partial charge in [0, 0.05) is 11.6 Å². The van der Waals surface area contributed by atoms with Crippen LogP contribution in [0, 0.1) is 11.6 Å².